The second-order valence-corrected chi connectivity index (χ2v) is 21.7. The standard InChI is InChI=1S/2C27H34ClFN2O3/c2*1-19-17-34-24(14-20-4-10-23(29)11-5-20)15-31(19)25(32)16-30-13-12-27(33,26(2,3)18-30)21-6-8-22(28)9-7-21/h2*4-11,19,24,33H,12-18H2,1-3H3/t19-,24+,27-;19-,24-,27-/m00/s1. The van der Waals surface area contributed by atoms with E-state index in [2.05, 4.69) is 9.80 Å². The lowest BCUT2D eigenvalue weighted by atomic mass is 9.66. The van der Waals surface area contributed by atoms with Crippen LogP contribution in [0.4, 0.5) is 8.78 Å². The molecule has 2 N–H and O–H groups in total. The van der Waals surface area contributed by atoms with E-state index in [1.165, 1.54) is 24.3 Å². The number of aliphatic hydroxyl groups is 2. The number of amides is 2. The minimum atomic E-state index is -0.982. The van der Waals surface area contributed by atoms with Gasteiger partial charge in [0.2, 0.25) is 11.8 Å². The Bertz CT molecular complexity index is 2160. The Morgan fingerprint density at radius 3 is 1.25 bits per heavy atom. The van der Waals surface area contributed by atoms with Gasteiger partial charge in [0, 0.05) is 73.0 Å². The van der Waals surface area contributed by atoms with Gasteiger partial charge in [-0.3, -0.25) is 19.4 Å². The van der Waals surface area contributed by atoms with E-state index in [1.54, 1.807) is 24.3 Å². The van der Waals surface area contributed by atoms with Crippen molar-refractivity contribution in [1.82, 2.24) is 19.6 Å². The predicted octanol–water partition coefficient (Wildman–Crippen LogP) is 8.51. The highest BCUT2D eigenvalue weighted by Gasteiger charge is 2.50. The van der Waals surface area contributed by atoms with Crippen molar-refractivity contribution in [2.24, 2.45) is 10.8 Å². The molecule has 6 atom stereocenters. The van der Waals surface area contributed by atoms with Gasteiger partial charge in [-0.25, -0.2) is 8.78 Å². The third-order valence-corrected chi connectivity index (χ3v) is 15.3. The monoisotopic (exact) mass is 976 g/mol. The molecule has 0 aliphatic carbocycles. The Morgan fingerprint density at radius 1 is 0.588 bits per heavy atom. The van der Waals surface area contributed by atoms with Crippen LogP contribution < -0.4 is 0 Å². The number of carbonyl (C=O) groups excluding carboxylic acids is 2. The van der Waals surface area contributed by atoms with Crippen molar-refractivity contribution in [3.63, 3.8) is 0 Å². The molecule has 68 heavy (non-hydrogen) atoms. The van der Waals surface area contributed by atoms with E-state index >= 15 is 0 Å². The molecule has 8 rings (SSSR count). The van der Waals surface area contributed by atoms with E-state index in [1.807, 2.05) is 99.9 Å². The lowest BCUT2D eigenvalue weighted by Gasteiger charge is -2.51. The molecule has 0 aromatic heterocycles. The summed E-state index contributed by atoms with van der Waals surface area (Å²) in [5, 5.41) is 24.5. The average molecular weight is 978 g/mol. The zero-order chi connectivity index (χ0) is 49.0. The molecule has 4 fully saturated rings. The first-order valence-electron chi connectivity index (χ1n) is 23.9. The van der Waals surface area contributed by atoms with Crippen molar-refractivity contribution >= 4 is 35.0 Å². The first kappa shape index (κ1) is 51.9. The average Bonchev–Trinajstić information content (AvgIpc) is 3.29. The highest BCUT2D eigenvalue weighted by Crippen LogP contribution is 2.47. The molecule has 0 bridgehead atoms. The molecule has 4 aromatic carbocycles. The highest BCUT2D eigenvalue weighted by molar-refractivity contribution is 6.30. The molecule has 4 heterocycles. The number of halogens is 4. The van der Waals surface area contributed by atoms with Crippen LogP contribution in [-0.2, 0) is 43.1 Å². The van der Waals surface area contributed by atoms with E-state index in [4.69, 9.17) is 32.7 Å². The van der Waals surface area contributed by atoms with E-state index in [0.717, 1.165) is 22.3 Å². The maximum atomic E-state index is 13.3. The number of piperidine rings is 2. The fourth-order valence-corrected chi connectivity index (χ4v) is 10.8. The smallest absolute Gasteiger partial charge is 0.237 e. The molecule has 14 heteroatoms. The number of likely N-dealkylation sites (tertiary alicyclic amines) is 2. The van der Waals surface area contributed by atoms with Gasteiger partial charge < -0.3 is 29.5 Å². The van der Waals surface area contributed by atoms with Gasteiger partial charge in [0.05, 0.1) is 61.8 Å². The van der Waals surface area contributed by atoms with Crippen LogP contribution in [-0.4, -0.2) is 131 Å². The highest BCUT2D eigenvalue weighted by atomic mass is 35.5. The zero-order valence-electron chi connectivity index (χ0n) is 40.3. The summed E-state index contributed by atoms with van der Waals surface area (Å²) in [6, 6.07) is 27.7. The first-order valence-corrected chi connectivity index (χ1v) is 24.6. The second kappa shape index (κ2) is 21.6. The van der Waals surface area contributed by atoms with E-state index in [0.29, 0.717) is 101 Å². The van der Waals surface area contributed by atoms with Crippen LogP contribution in [0.15, 0.2) is 97.1 Å². The summed E-state index contributed by atoms with van der Waals surface area (Å²) < 4.78 is 38.4. The molecule has 0 radical (unpaired) electrons. The number of rotatable bonds is 10. The van der Waals surface area contributed by atoms with E-state index < -0.39 is 22.0 Å². The fourth-order valence-electron chi connectivity index (χ4n) is 10.6. The Kier molecular flexibility index (Phi) is 16.4. The van der Waals surface area contributed by atoms with Crippen LogP contribution in [0.25, 0.3) is 0 Å². The Balaban J connectivity index is 0.000000201. The molecule has 0 unspecified atom stereocenters. The van der Waals surface area contributed by atoms with Crippen molar-refractivity contribution in [2.75, 3.05) is 65.6 Å². The lowest BCUT2D eigenvalue weighted by Crippen LogP contribution is -2.58. The lowest BCUT2D eigenvalue weighted by molar-refractivity contribution is -0.152. The van der Waals surface area contributed by atoms with Crippen molar-refractivity contribution in [1.29, 1.82) is 0 Å². The molecule has 2 amide bonds. The van der Waals surface area contributed by atoms with Crippen LogP contribution in [0.2, 0.25) is 10.0 Å². The molecule has 0 saturated carbocycles. The van der Waals surface area contributed by atoms with Gasteiger partial charge in [0.15, 0.2) is 0 Å². The molecule has 10 nitrogen and oxygen atoms in total. The molecular weight excluding hydrogens is 910 g/mol. The van der Waals surface area contributed by atoms with Crippen molar-refractivity contribution in [2.45, 2.75) is 103 Å². The number of benzene rings is 4. The summed E-state index contributed by atoms with van der Waals surface area (Å²) >= 11 is 12.1. The summed E-state index contributed by atoms with van der Waals surface area (Å²) in [5.41, 5.74) is 0.854. The quantitative estimate of drug-likeness (QED) is 0.163. The van der Waals surface area contributed by atoms with Gasteiger partial charge in [-0.05, 0) is 97.5 Å². The topological polar surface area (TPSA) is 106 Å². The first-order chi connectivity index (χ1) is 32.1. The van der Waals surface area contributed by atoms with Gasteiger partial charge >= 0.3 is 0 Å². The summed E-state index contributed by atoms with van der Waals surface area (Å²) in [6.45, 7) is 17.3. The molecular formula is C54H68Cl2F2N4O6. The molecule has 4 aromatic rings. The van der Waals surface area contributed by atoms with E-state index in [9.17, 15) is 28.6 Å². The SMILES string of the molecule is C[C@H]1CO[C@@H](Cc2ccc(F)cc2)CN1C(=O)CN1CC[C@](O)(c2ccc(Cl)cc2)C(C)(C)C1.C[C@H]1CO[C@H](Cc2ccc(F)cc2)CN1C(=O)CN1CC[C@](O)(c2ccc(Cl)cc2)C(C)(C)C1. The third-order valence-electron chi connectivity index (χ3n) is 14.8. The minimum Gasteiger partial charge on any atom is -0.385 e. The maximum absolute atomic E-state index is 13.3. The summed E-state index contributed by atoms with van der Waals surface area (Å²) in [6.07, 6.45) is 2.14. The fraction of sp³-hybridized carbons (Fsp3) is 0.519. The van der Waals surface area contributed by atoms with Gasteiger partial charge in [-0.2, -0.15) is 0 Å². The molecule has 4 aliphatic heterocycles. The Morgan fingerprint density at radius 2 is 0.926 bits per heavy atom. The largest absolute Gasteiger partial charge is 0.385 e. The summed E-state index contributed by atoms with van der Waals surface area (Å²) in [7, 11) is 0. The number of hydrogen-bond acceptors (Lipinski definition) is 8. The van der Waals surface area contributed by atoms with Crippen LogP contribution in [0.5, 0.6) is 0 Å². The number of nitrogens with zero attached hydrogens (tertiary/aromatic N) is 4. The van der Waals surface area contributed by atoms with E-state index in [-0.39, 0.29) is 47.7 Å². The molecule has 4 saturated heterocycles. The number of morpholine rings is 2. The van der Waals surface area contributed by atoms with Gasteiger partial charge in [-0.1, -0.05) is 99.4 Å². The van der Waals surface area contributed by atoms with Crippen LogP contribution >= 0.6 is 23.2 Å². The summed E-state index contributed by atoms with van der Waals surface area (Å²) in [5.74, 6) is -0.363. The number of carbonyl (C=O) groups is 2. The van der Waals surface area contributed by atoms with Gasteiger partial charge in [0.25, 0.3) is 0 Å². The van der Waals surface area contributed by atoms with Gasteiger partial charge in [0.1, 0.15) is 11.6 Å². The summed E-state index contributed by atoms with van der Waals surface area (Å²) in [4.78, 5) is 34.7. The van der Waals surface area contributed by atoms with Crippen LogP contribution in [0.3, 0.4) is 0 Å². The third kappa shape index (κ3) is 12.1. The number of hydrogen-bond donors (Lipinski definition) is 2. The molecule has 0 spiro atoms. The Labute approximate surface area is 411 Å². The normalized spacial score (nSPS) is 27.5. The maximum Gasteiger partial charge on any atom is 0.237 e. The van der Waals surface area contributed by atoms with Gasteiger partial charge in [-0.15, -0.1) is 0 Å². The second-order valence-electron chi connectivity index (χ2n) is 20.8. The van der Waals surface area contributed by atoms with Crippen molar-refractivity contribution < 1.29 is 38.1 Å². The minimum absolute atomic E-state index is 0.000711. The molecule has 368 valence electrons. The van der Waals surface area contributed by atoms with Crippen molar-refractivity contribution in [3.05, 3.63) is 141 Å². The number of ether oxygens (including phenoxy) is 2. The zero-order valence-corrected chi connectivity index (χ0v) is 41.8. The van der Waals surface area contributed by atoms with Crippen LogP contribution in [0.1, 0.15) is 76.6 Å². The predicted molar refractivity (Wildman–Crippen MR) is 262 cm³/mol. The van der Waals surface area contributed by atoms with Crippen LogP contribution in [0, 0.1) is 22.5 Å². The van der Waals surface area contributed by atoms with Crippen molar-refractivity contribution in [3.8, 4) is 0 Å². The Hall–Kier alpha value is -3.98. The molecule has 4 aliphatic rings.